The van der Waals surface area contributed by atoms with Crippen LogP contribution in [0.25, 0.3) is 22.4 Å². The van der Waals surface area contributed by atoms with Gasteiger partial charge in [0.15, 0.2) is 5.76 Å². The predicted molar refractivity (Wildman–Crippen MR) is 105 cm³/mol. The zero-order chi connectivity index (χ0) is 18.9. The summed E-state index contributed by atoms with van der Waals surface area (Å²) in [6.07, 6.45) is 2.10. The molecule has 1 aromatic heterocycles. The molecule has 5 heteroatoms. The highest BCUT2D eigenvalue weighted by atomic mass is 16.5. The minimum absolute atomic E-state index is 0.0583. The van der Waals surface area contributed by atoms with Crippen LogP contribution in [0.15, 0.2) is 59.1 Å². The van der Waals surface area contributed by atoms with Crippen molar-refractivity contribution in [1.29, 1.82) is 0 Å². The van der Waals surface area contributed by atoms with Crippen LogP contribution in [-0.4, -0.2) is 47.0 Å². The summed E-state index contributed by atoms with van der Waals surface area (Å²) in [7, 11) is 2.02. The molecule has 1 heterocycles. The van der Waals surface area contributed by atoms with Gasteiger partial charge in [0.05, 0.1) is 12.2 Å². The Bertz CT molecular complexity index is 899. The van der Waals surface area contributed by atoms with E-state index in [2.05, 4.69) is 22.2 Å². The van der Waals surface area contributed by atoms with Gasteiger partial charge in [0.1, 0.15) is 11.4 Å². The van der Waals surface area contributed by atoms with E-state index in [1.54, 1.807) is 12.1 Å². The second-order valence-electron chi connectivity index (χ2n) is 7.39. The third kappa shape index (κ3) is 3.48. The van der Waals surface area contributed by atoms with Gasteiger partial charge in [-0.05, 0) is 49.7 Å². The van der Waals surface area contributed by atoms with Gasteiger partial charge >= 0.3 is 0 Å². The maximum atomic E-state index is 9.61. The maximum absolute atomic E-state index is 9.61. The molecule has 1 saturated carbocycles. The van der Waals surface area contributed by atoms with E-state index in [0.717, 1.165) is 47.5 Å². The summed E-state index contributed by atoms with van der Waals surface area (Å²) in [6.45, 7) is 1.62. The standard InChI is InChI=1S/C22H24N2O3/c1-24(13-14-25)15-22(11-12-22)21-19(16-5-3-2-4-6-16)20(23-27-21)17-7-9-18(26)10-8-17/h2-10,25-26H,11-15H2,1H3. The highest BCUT2D eigenvalue weighted by molar-refractivity contribution is 5.83. The quantitative estimate of drug-likeness (QED) is 0.669. The zero-order valence-electron chi connectivity index (χ0n) is 15.4. The zero-order valence-corrected chi connectivity index (χ0v) is 15.4. The SMILES string of the molecule is CN(CCO)CC1(c2onc(-c3ccc(O)cc3)c2-c2ccccc2)CC1. The number of hydrogen-bond donors (Lipinski definition) is 2. The fourth-order valence-electron chi connectivity index (χ4n) is 3.72. The van der Waals surface area contributed by atoms with Gasteiger partial charge in [-0.1, -0.05) is 35.5 Å². The number of phenols is 1. The predicted octanol–water partition coefficient (Wildman–Crippen LogP) is 3.67. The molecule has 0 aliphatic heterocycles. The summed E-state index contributed by atoms with van der Waals surface area (Å²) < 4.78 is 5.94. The Labute approximate surface area is 158 Å². The van der Waals surface area contributed by atoms with Crippen molar-refractivity contribution in [3.63, 3.8) is 0 Å². The molecule has 3 aromatic rings. The molecule has 0 atom stereocenters. The summed E-state index contributed by atoms with van der Waals surface area (Å²) in [5, 5.41) is 23.3. The molecule has 0 amide bonds. The first-order valence-electron chi connectivity index (χ1n) is 9.27. The third-order valence-corrected chi connectivity index (χ3v) is 5.28. The van der Waals surface area contributed by atoms with E-state index in [-0.39, 0.29) is 17.8 Å². The molecular formula is C22H24N2O3. The largest absolute Gasteiger partial charge is 0.508 e. The molecule has 1 fully saturated rings. The highest BCUT2D eigenvalue weighted by Gasteiger charge is 2.50. The fraction of sp³-hybridized carbons (Fsp3) is 0.318. The van der Waals surface area contributed by atoms with Crippen molar-refractivity contribution < 1.29 is 14.7 Å². The summed E-state index contributed by atoms with van der Waals surface area (Å²) in [5.74, 6) is 1.15. The van der Waals surface area contributed by atoms with Crippen LogP contribution in [0.3, 0.4) is 0 Å². The molecule has 2 aromatic carbocycles. The van der Waals surface area contributed by atoms with E-state index < -0.39 is 0 Å². The summed E-state index contributed by atoms with van der Waals surface area (Å²) in [5.41, 5.74) is 3.76. The number of rotatable bonds is 7. The Morgan fingerprint density at radius 3 is 2.37 bits per heavy atom. The van der Waals surface area contributed by atoms with Crippen LogP contribution in [-0.2, 0) is 5.41 Å². The Hall–Kier alpha value is -2.63. The van der Waals surface area contributed by atoms with Crippen molar-refractivity contribution in [3.05, 3.63) is 60.4 Å². The fourth-order valence-corrected chi connectivity index (χ4v) is 3.72. The van der Waals surface area contributed by atoms with E-state index >= 15 is 0 Å². The molecule has 1 aliphatic rings. The van der Waals surface area contributed by atoms with E-state index in [0.29, 0.717) is 6.54 Å². The summed E-state index contributed by atoms with van der Waals surface area (Å²) in [6, 6.07) is 17.2. The molecule has 4 rings (SSSR count). The number of likely N-dealkylation sites (N-methyl/N-ethyl adjacent to an activating group) is 1. The molecule has 0 radical (unpaired) electrons. The first-order chi connectivity index (χ1) is 13.1. The van der Waals surface area contributed by atoms with Crippen LogP contribution < -0.4 is 0 Å². The molecular weight excluding hydrogens is 340 g/mol. The van der Waals surface area contributed by atoms with Gasteiger partial charge < -0.3 is 19.6 Å². The monoisotopic (exact) mass is 364 g/mol. The van der Waals surface area contributed by atoms with Crippen molar-refractivity contribution in [3.8, 4) is 28.1 Å². The number of aromatic nitrogens is 1. The average Bonchev–Trinajstić information content (AvgIpc) is 3.30. The second kappa shape index (κ2) is 7.18. The number of aromatic hydroxyl groups is 1. The first-order valence-corrected chi connectivity index (χ1v) is 9.27. The van der Waals surface area contributed by atoms with Crippen molar-refractivity contribution in [2.24, 2.45) is 0 Å². The topological polar surface area (TPSA) is 69.7 Å². The van der Waals surface area contributed by atoms with E-state index in [4.69, 9.17) is 4.52 Å². The Balaban J connectivity index is 1.80. The van der Waals surface area contributed by atoms with Crippen LogP contribution in [0.2, 0.25) is 0 Å². The van der Waals surface area contributed by atoms with Crippen molar-refractivity contribution in [2.75, 3.05) is 26.7 Å². The third-order valence-electron chi connectivity index (χ3n) is 5.28. The lowest BCUT2D eigenvalue weighted by Crippen LogP contribution is -2.31. The van der Waals surface area contributed by atoms with Crippen molar-refractivity contribution in [2.45, 2.75) is 18.3 Å². The molecule has 0 unspecified atom stereocenters. The molecule has 1 aliphatic carbocycles. The summed E-state index contributed by atoms with van der Waals surface area (Å²) >= 11 is 0. The minimum Gasteiger partial charge on any atom is -0.508 e. The Kier molecular flexibility index (Phi) is 4.72. The molecule has 0 spiro atoms. The van der Waals surface area contributed by atoms with E-state index in [1.807, 2.05) is 37.4 Å². The first kappa shape index (κ1) is 17.8. The maximum Gasteiger partial charge on any atom is 0.152 e. The summed E-state index contributed by atoms with van der Waals surface area (Å²) in [4.78, 5) is 2.14. The molecule has 0 bridgehead atoms. The normalized spacial score (nSPS) is 15.2. The number of phenolic OH excluding ortho intramolecular Hbond substituents is 1. The van der Waals surface area contributed by atoms with Crippen LogP contribution in [0.1, 0.15) is 18.6 Å². The van der Waals surface area contributed by atoms with Gasteiger partial charge in [-0.2, -0.15) is 0 Å². The van der Waals surface area contributed by atoms with Crippen LogP contribution >= 0.6 is 0 Å². The van der Waals surface area contributed by atoms with Gasteiger partial charge in [0.25, 0.3) is 0 Å². The van der Waals surface area contributed by atoms with E-state index in [9.17, 15) is 10.2 Å². The van der Waals surface area contributed by atoms with Gasteiger partial charge in [0, 0.05) is 24.1 Å². The lowest BCUT2D eigenvalue weighted by atomic mass is 9.91. The Morgan fingerprint density at radius 1 is 1.04 bits per heavy atom. The van der Waals surface area contributed by atoms with Gasteiger partial charge in [0.2, 0.25) is 0 Å². The Morgan fingerprint density at radius 2 is 1.74 bits per heavy atom. The molecule has 140 valence electrons. The molecule has 0 saturated heterocycles. The number of nitrogens with zero attached hydrogens (tertiary/aromatic N) is 2. The van der Waals surface area contributed by atoms with E-state index in [1.165, 1.54) is 0 Å². The van der Waals surface area contributed by atoms with Crippen LogP contribution in [0, 0.1) is 0 Å². The number of aliphatic hydroxyl groups is 1. The van der Waals surface area contributed by atoms with Crippen molar-refractivity contribution in [1.82, 2.24) is 10.1 Å². The molecule has 27 heavy (non-hydrogen) atoms. The number of hydrogen-bond acceptors (Lipinski definition) is 5. The van der Waals surface area contributed by atoms with Gasteiger partial charge in [-0.15, -0.1) is 0 Å². The van der Waals surface area contributed by atoms with Crippen molar-refractivity contribution >= 4 is 0 Å². The number of benzene rings is 2. The van der Waals surface area contributed by atoms with Crippen LogP contribution in [0.5, 0.6) is 5.75 Å². The van der Waals surface area contributed by atoms with Gasteiger partial charge in [-0.3, -0.25) is 0 Å². The molecule has 5 nitrogen and oxygen atoms in total. The molecule has 2 N–H and O–H groups in total. The van der Waals surface area contributed by atoms with Crippen LogP contribution in [0.4, 0.5) is 0 Å². The average molecular weight is 364 g/mol. The lowest BCUT2D eigenvalue weighted by molar-refractivity contribution is 0.202. The van der Waals surface area contributed by atoms with Gasteiger partial charge in [-0.25, -0.2) is 0 Å². The number of aliphatic hydroxyl groups excluding tert-OH is 1. The second-order valence-corrected chi connectivity index (χ2v) is 7.39. The lowest BCUT2D eigenvalue weighted by Gasteiger charge is -2.22. The highest BCUT2D eigenvalue weighted by Crippen LogP contribution is 2.53. The minimum atomic E-state index is -0.0583. The smallest absolute Gasteiger partial charge is 0.152 e.